The molecule has 7 heteroatoms. The summed E-state index contributed by atoms with van der Waals surface area (Å²) in [6.45, 7) is 0. The van der Waals surface area contributed by atoms with Gasteiger partial charge in [0.25, 0.3) is 6.43 Å². The Morgan fingerprint density at radius 3 is 1.55 bits per heavy atom. The molecule has 0 aliphatic carbocycles. The highest BCUT2D eigenvalue weighted by atomic mass is 35.5. The Labute approximate surface area is 69.3 Å². The van der Waals surface area contributed by atoms with Crippen molar-refractivity contribution in [2.24, 2.45) is 0 Å². The molecule has 68 valence electrons. The van der Waals surface area contributed by atoms with Gasteiger partial charge in [0.05, 0.1) is 6.42 Å². The van der Waals surface area contributed by atoms with Crippen molar-refractivity contribution in [3.8, 4) is 0 Å². The van der Waals surface area contributed by atoms with E-state index in [0.717, 1.165) is 0 Å². The minimum atomic E-state index is -4.78. The van der Waals surface area contributed by atoms with Crippen LogP contribution in [0.4, 0.5) is 22.0 Å². The van der Waals surface area contributed by atoms with Gasteiger partial charge in [0.1, 0.15) is 0 Å². The highest BCUT2D eigenvalue weighted by molar-refractivity contribution is 6.48. The topological polar surface area (TPSA) is 0 Å². The van der Waals surface area contributed by atoms with E-state index in [1.165, 1.54) is 0 Å². The van der Waals surface area contributed by atoms with Gasteiger partial charge in [-0.2, -0.15) is 13.2 Å². The third-order valence-electron chi connectivity index (χ3n) is 0.755. The first kappa shape index (κ1) is 11.2. The summed E-state index contributed by atoms with van der Waals surface area (Å²) in [6.07, 6.45) is -10.1. The first-order valence-corrected chi connectivity index (χ1v) is 3.13. The molecule has 0 amide bonds. The number of hydrogen-bond donors (Lipinski definition) is 0. The quantitative estimate of drug-likeness (QED) is 0.491. The molecule has 0 unspecified atom stereocenters. The van der Waals surface area contributed by atoms with E-state index >= 15 is 0 Å². The Bertz CT molecular complexity index is 129. The maximum absolute atomic E-state index is 11.6. The van der Waals surface area contributed by atoms with Crippen LogP contribution in [0.15, 0.2) is 0 Å². The highest BCUT2D eigenvalue weighted by Gasteiger charge is 2.46. The third-order valence-corrected chi connectivity index (χ3v) is 1.35. The minimum absolute atomic E-state index is 1.92. The third kappa shape index (κ3) is 4.63. The summed E-state index contributed by atoms with van der Waals surface area (Å²) < 4.78 is 54.4. The van der Waals surface area contributed by atoms with Crippen LogP contribution in [0.2, 0.25) is 0 Å². The lowest BCUT2D eigenvalue weighted by atomic mass is 10.3. The van der Waals surface area contributed by atoms with Crippen molar-refractivity contribution in [3.05, 3.63) is 0 Å². The van der Waals surface area contributed by atoms with Crippen LogP contribution in [0.3, 0.4) is 0 Å². The molecule has 0 saturated carbocycles. The molecule has 0 spiro atoms. The molecule has 0 nitrogen and oxygen atoms in total. The van der Waals surface area contributed by atoms with Crippen molar-refractivity contribution in [1.82, 2.24) is 0 Å². The second-order valence-electron chi connectivity index (χ2n) is 1.85. The number of halogens is 7. The Morgan fingerprint density at radius 1 is 1.09 bits per heavy atom. The average Bonchev–Trinajstić information content (AvgIpc) is 1.56. The van der Waals surface area contributed by atoms with Gasteiger partial charge in [-0.05, 0) is 0 Å². The fourth-order valence-electron chi connectivity index (χ4n) is 0.344. The van der Waals surface area contributed by atoms with E-state index in [0.29, 0.717) is 0 Å². The molecule has 0 aromatic heterocycles. The highest BCUT2D eigenvalue weighted by Crippen LogP contribution is 2.39. The van der Waals surface area contributed by atoms with Crippen LogP contribution in [0.1, 0.15) is 6.42 Å². The molecule has 0 heterocycles. The van der Waals surface area contributed by atoms with Gasteiger partial charge in [0.15, 0.2) is 4.33 Å². The van der Waals surface area contributed by atoms with Crippen molar-refractivity contribution < 1.29 is 22.0 Å². The van der Waals surface area contributed by atoms with Gasteiger partial charge >= 0.3 is 6.18 Å². The summed E-state index contributed by atoms with van der Waals surface area (Å²) in [5, 5.41) is 0. The van der Waals surface area contributed by atoms with Gasteiger partial charge in [0, 0.05) is 0 Å². The van der Waals surface area contributed by atoms with E-state index in [1.807, 2.05) is 0 Å². The van der Waals surface area contributed by atoms with Gasteiger partial charge in [0.2, 0.25) is 0 Å². The maximum Gasteiger partial charge on any atom is 0.392 e. The van der Waals surface area contributed by atoms with Crippen molar-refractivity contribution in [2.45, 2.75) is 23.4 Å². The molecule has 0 bridgehead atoms. The van der Waals surface area contributed by atoms with Crippen molar-refractivity contribution in [1.29, 1.82) is 0 Å². The van der Waals surface area contributed by atoms with Gasteiger partial charge in [-0.25, -0.2) is 8.78 Å². The second kappa shape index (κ2) is 3.31. The summed E-state index contributed by atoms with van der Waals surface area (Å²) >= 11 is 9.30. The number of hydrogen-bond acceptors (Lipinski definition) is 0. The van der Waals surface area contributed by atoms with Gasteiger partial charge in [-0.15, -0.1) is 0 Å². The molecule has 0 saturated heterocycles. The van der Waals surface area contributed by atoms with Crippen molar-refractivity contribution in [2.75, 3.05) is 0 Å². The molecule has 0 aromatic carbocycles. The monoisotopic (exact) mass is 216 g/mol. The minimum Gasteiger partial charge on any atom is -0.207 e. The van der Waals surface area contributed by atoms with E-state index in [2.05, 4.69) is 23.2 Å². The normalized spacial score (nSPS) is 14.2. The molecule has 0 radical (unpaired) electrons. The Hall–Kier alpha value is 0.230. The summed E-state index contributed by atoms with van der Waals surface area (Å²) in [6, 6.07) is 0. The van der Waals surface area contributed by atoms with Crippen LogP contribution >= 0.6 is 23.2 Å². The Balaban J connectivity index is 4.13. The summed E-state index contributed by atoms with van der Waals surface area (Å²) in [5.41, 5.74) is 0. The maximum atomic E-state index is 11.6. The summed E-state index contributed by atoms with van der Waals surface area (Å²) in [4.78, 5) is 0. The Kier molecular flexibility index (Phi) is 3.38. The van der Waals surface area contributed by atoms with Crippen LogP contribution in [0.5, 0.6) is 0 Å². The summed E-state index contributed by atoms with van der Waals surface area (Å²) in [5.74, 6) is 0. The lowest BCUT2D eigenvalue weighted by molar-refractivity contribution is -0.143. The van der Waals surface area contributed by atoms with E-state index in [4.69, 9.17) is 0 Å². The SMILES string of the molecule is FC(F)C(Cl)(Cl)CC(F)(F)F. The molecule has 0 aliphatic rings. The van der Waals surface area contributed by atoms with Crippen LogP contribution in [0, 0.1) is 0 Å². The lowest BCUT2D eigenvalue weighted by Gasteiger charge is -2.19. The first-order valence-electron chi connectivity index (χ1n) is 2.38. The summed E-state index contributed by atoms with van der Waals surface area (Å²) in [7, 11) is 0. The molecular formula is C4H3Cl2F5. The molecule has 0 aliphatic heterocycles. The lowest BCUT2D eigenvalue weighted by Crippen LogP contribution is -2.30. The van der Waals surface area contributed by atoms with E-state index < -0.39 is 23.4 Å². The number of alkyl halides is 7. The van der Waals surface area contributed by atoms with E-state index in [-0.39, 0.29) is 0 Å². The molecule has 0 atom stereocenters. The number of rotatable bonds is 2. The van der Waals surface area contributed by atoms with Gasteiger partial charge in [-0.1, -0.05) is 23.2 Å². The second-order valence-corrected chi connectivity index (χ2v) is 3.40. The average molecular weight is 217 g/mol. The van der Waals surface area contributed by atoms with Gasteiger partial charge < -0.3 is 0 Å². The van der Waals surface area contributed by atoms with Crippen molar-refractivity contribution >= 4 is 23.2 Å². The van der Waals surface area contributed by atoms with E-state index in [9.17, 15) is 22.0 Å². The fourth-order valence-corrected chi connectivity index (χ4v) is 0.647. The fraction of sp³-hybridized carbons (Fsp3) is 1.00. The Morgan fingerprint density at radius 2 is 1.45 bits per heavy atom. The van der Waals surface area contributed by atoms with Crippen molar-refractivity contribution in [3.63, 3.8) is 0 Å². The standard InChI is InChI=1S/C4H3Cl2F5/c5-3(6,2(7)8)1-4(9,10)11/h2H,1H2. The van der Waals surface area contributed by atoms with Crippen LogP contribution < -0.4 is 0 Å². The van der Waals surface area contributed by atoms with Crippen LogP contribution in [0.25, 0.3) is 0 Å². The molecule has 0 fully saturated rings. The molecule has 0 rings (SSSR count). The largest absolute Gasteiger partial charge is 0.392 e. The first-order chi connectivity index (χ1) is 4.65. The van der Waals surface area contributed by atoms with Gasteiger partial charge in [-0.3, -0.25) is 0 Å². The predicted molar refractivity (Wildman–Crippen MR) is 31.1 cm³/mol. The van der Waals surface area contributed by atoms with E-state index in [1.54, 1.807) is 0 Å². The van der Waals surface area contributed by atoms with Crippen LogP contribution in [-0.4, -0.2) is 16.9 Å². The molecule has 11 heavy (non-hydrogen) atoms. The molecule has 0 aromatic rings. The predicted octanol–water partition coefficient (Wildman–Crippen LogP) is 3.38. The van der Waals surface area contributed by atoms with Crippen LogP contribution in [-0.2, 0) is 0 Å². The molecular weight excluding hydrogens is 214 g/mol. The smallest absolute Gasteiger partial charge is 0.207 e. The zero-order valence-corrected chi connectivity index (χ0v) is 6.44. The zero-order chi connectivity index (χ0) is 9.28. The zero-order valence-electron chi connectivity index (χ0n) is 4.93. The molecule has 0 N–H and O–H groups in total.